The van der Waals surface area contributed by atoms with Crippen molar-refractivity contribution in [3.63, 3.8) is 0 Å². The van der Waals surface area contributed by atoms with Gasteiger partial charge in [-0.1, -0.05) is 0 Å². The third kappa shape index (κ3) is 8.07. The molecule has 0 saturated heterocycles. The lowest BCUT2D eigenvalue weighted by Crippen LogP contribution is -2.34. The Bertz CT molecular complexity index is 708. The molecule has 0 fully saturated rings. The van der Waals surface area contributed by atoms with Crippen molar-refractivity contribution in [1.29, 1.82) is 0 Å². The van der Waals surface area contributed by atoms with E-state index in [0.29, 0.717) is 25.1 Å². The van der Waals surface area contributed by atoms with Gasteiger partial charge in [-0.05, 0) is 63.9 Å². The van der Waals surface area contributed by atoms with Gasteiger partial charge in [0.1, 0.15) is 15.8 Å². The Hall–Kier alpha value is -1.77. The number of alkyl carbamates (subject to hydrolysis) is 1. The number of hydrogen-bond acceptors (Lipinski definition) is 4. The molecular formula is C17H29BrN4O4. The Balaban J connectivity index is 2.72. The number of aryl methyl sites for hydroxylation is 1. The monoisotopic (exact) mass is 432 g/mol. The van der Waals surface area contributed by atoms with E-state index in [2.05, 4.69) is 26.2 Å². The van der Waals surface area contributed by atoms with Crippen LogP contribution in [0.3, 0.4) is 0 Å². The molecule has 26 heavy (non-hydrogen) atoms. The molecule has 1 rings (SSSR count). The minimum atomic E-state index is -0.646. The lowest BCUT2D eigenvalue weighted by atomic mass is 10.2. The maximum absolute atomic E-state index is 12.0. The van der Waals surface area contributed by atoms with Crippen LogP contribution in [0.1, 0.15) is 48.0 Å². The van der Waals surface area contributed by atoms with Crippen LogP contribution in [0.2, 0.25) is 0 Å². The van der Waals surface area contributed by atoms with Crippen molar-refractivity contribution in [3.05, 3.63) is 16.4 Å². The average Bonchev–Trinajstić information content (AvgIpc) is 2.67. The van der Waals surface area contributed by atoms with E-state index in [4.69, 9.17) is 9.47 Å². The minimum absolute atomic E-state index is 0.445. The molecule has 0 aliphatic carbocycles. The van der Waals surface area contributed by atoms with Crippen molar-refractivity contribution in [2.45, 2.75) is 65.7 Å². The molecule has 0 unspecified atom stereocenters. The number of hydrogen-bond donors (Lipinski definition) is 1. The van der Waals surface area contributed by atoms with E-state index < -0.39 is 23.4 Å². The fraction of sp³-hybridized carbons (Fsp3) is 0.706. The maximum atomic E-state index is 12.0. The van der Waals surface area contributed by atoms with E-state index in [1.54, 1.807) is 32.4 Å². The fourth-order valence-electron chi connectivity index (χ4n) is 1.99. The second-order valence-corrected chi connectivity index (χ2v) is 8.69. The number of imidazole rings is 1. The minimum Gasteiger partial charge on any atom is -0.444 e. The summed E-state index contributed by atoms with van der Waals surface area (Å²) in [4.78, 5) is 27.7. The lowest BCUT2D eigenvalue weighted by molar-refractivity contribution is 0.0525. The topological polar surface area (TPSA) is 86.9 Å². The van der Waals surface area contributed by atoms with Gasteiger partial charge in [0.15, 0.2) is 0 Å². The highest BCUT2D eigenvalue weighted by atomic mass is 79.9. The Morgan fingerprint density at radius 1 is 1.15 bits per heavy atom. The molecule has 0 bridgehead atoms. The van der Waals surface area contributed by atoms with E-state index in [9.17, 15) is 9.59 Å². The number of aromatic nitrogens is 2. The van der Waals surface area contributed by atoms with Gasteiger partial charge in [0.2, 0.25) is 5.62 Å². The molecule has 1 aromatic heterocycles. The van der Waals surface area contributed by atoms with Crippen molar-refractivity contribution in [3.8, 4) is 0 Å². The smallest absolute Gasteiger partial charge is 0.437 e. The lowest BCUT2D eigenvalue weighted by Gasteiger charge is -2.19. The van der Waals surface area contributed by atoms with Gasteiger partial charge in [-0.15, -0.1) is 4.99 Å². The van der Waals surface area contributed by atoms with Crippen LogP contribution in [0.25, 0.3) is 0 Å². The van der Waals surface area contributed by atoms with Crippen LogP contribution in [-0.2, 0) is 23.1 Å². The van der Waals surface area contributed by atoms with Crippen LogP contribution in [0.15, 0.2) is 15.8 Å². The highest BCUT2D eigenvalue weighted by Gasteiger charge is 2.17. The molecule has 0 aliphatic rings. The van der Waals surface area contributed by atoms with Crippen molar-refractivity contribution >= 4 is 28.1 Å². The number of ether oxygens (including phenoxy) is 2. The largest absolute Gasteiger partial charge is 0.444 e. The van der Waals surface area contributed by atoms with E-state index in [1.807, 2.05) is 31.5 Å². The molecule has 1 aromatic rings. The molecule has 2 amide bonds. The van der Waals surface area contributed by atoms with E-state index in [0.717, 1.165) is 4.60 Å². The van der Waals surface area contributed by atoms with Gasteiger partial charge in [-0.25, -0.2) is 9.59 Å². The molecule has 0 aromatic carbocycles. The molecule has 1 N–H and O–H groups in total. The summed E-state index contributed by atoms with van der Waals surface area (Å²) in [6, 6.07) is 0. The summed E-state index contributed by atoms with van der Waals surface area (Å²) in [7, 11) is 1.79. The second-order valence-electron chi connectivity index (χ2n) is 7.88. The number of halogens is 1. The van der Waals surface area contributed by atoms with Crippen LogP contribution in [0, 0.1) is 0 Å². The normalized spacial score (nSPS) is 12.8. The average molecular weight is 433 g/mol. The van der Waals surface area contributed by atoms with Crippen molar-refractivity contribution in [2.24, 2.45) is 12.0 Å². The summed E-state index contributed by atoms with van der Waals surface area (Å²) in [5, 5.41) is 2.71. The summed E-state index contributed by atoms with van der Waals surface area (Å²) in [6.07, 6.45) is 1.38. The third-order valence-corrected chi connectivity index (χ3v) is 3.71. The molecule has 0 spiro atoms. The number of rotatable bonds is 4. The predicted molar refractivity (Wildman–Crippen MR) is 102 cm³/mol. The van der Waals surface area contributed by atoms with Crippen molar-refractivity contribution < 1.29 is 19.1 Å². The molecule has 148 valence electrons. The van der Waals surface area contributed by atoms with Crippen LogP contribution >= 0.6 is 15.9 Å². The zero-order valence-electron chi connectivity index (χ0n) is 16.6. The Labute approximate surface area is 162 Å². The summed E-state index contributed by atoms with van der Waals surface area (Å²) in [5.74, 6) is 0. The molecular weight excluding hydrogens is 404 g/mol. The van der Waals surface area contributed by atoms with Gasteiger partial charge in [-0.2, -0.15) is 0 Å². The van der Waals surface area contributed by atoms with Gasteiger partial charge >= 0.3 is 12.2 Å². The fourth-order valence-corrected chi connectivity index (χ4v) is 2.39. The SMILES string of the molecule is Cn1c(Br)cn(CCCNC(=O)OC(C)(C)C)/c1=N/C(=O)OC(C)(C)C. The van der Waals surface area contributed by atoms with Crippen molar-refractivity contribution in [1.82, 2.24) is 14.5 Å². The van der Waals surface area contributed by atoms with Crippen LogP contribution in [0.4, 0.5) is 9.59 Å². The number of nitrogens with zero attached hydrogens (tertiary/aromatic N) is 3. The maximum Gasteiger partial charge on any atom is 0.437 e. The summed E-state index contributed by atoms with van der Waals surface area (Å²) in [6.45, 7) is 11.8. The molecule has 0 aliphatic heterocycles. The third-order valence-electron chi connectivity index (χ3n) is 2.97. The Kier molecular flexibility index (Phi) is 7.49. The first-order chi connectivity index (χ1) is 11.8. The molecule has 1 heterocycles. The first-order valence-electron chi connectivity index (χ1n) is 8.45. The Morgan fingerprint density at radius 3 is 2.27 bits per heavy atom. The van der Waals surface area contributed by atoms with Gasteiger partial charge in [0.05, 0.1) is 0 Å². The standard InChI is InChI=1S/C17H29BrN4O4/c1-16(2,3)25-14(23)19-9-8-10-22-11-12(18)21(7)13(22)20-15(24)26-17(4,5)6/h11H,8-10H2,1-7H3,(H,19,23)/b20-13+. The molecule has 0 atom stereocenters. The summed E-state index contributed by atoms with van der Waals surface area (Å²) >= 11 is 3.42. The van der Waals surface area contributed by atoms with Gasteiger partial charge < -0.3 is 23.9 Å². The summed E-state index contributed by atoms with van der Waals surface area (Å²) in [5.41, 5.74) is -0.670. The van der Waals surface area contributed by atoms with Gasteiger partial charge in [-0.3, -0.25) is 0 Å². The molecule has 8 nitrogen and oxygen atoms in total. The quantitative estimate of drug-likeness (QED) is 0.738. The van der Waals surface area contributed by atoms with E-state index in [-0.39, 0.29) is 0 Å². The van der Waals surface area contributed by atoms with E-state index >= 15 is 0 Å². The number of carbonyl (C=O) groups excluding carboxylic acids is 2. The highest BCUT2D eigenvalue weighted by molar-refractivity contribution is 9.10. The van der Waals surface area contributed by atoms with Crippen LogP contribution < -0.4 is 10.9 Å². The molecule has 0 radical (unpaired) electrons. The van der Waals surface area contributed by atoms with Crippen molar-refractivity contribution in [2.75, 3.05) is 6.54 Å². The first-order valence-corrected chi connectivity index (χ1v) is 9.24. The zero-order valence-corrected chi connectivity index (χ0v) is 18.1. The van der Waals surface area contributed by atoms with Gasteiger partial charge in [0.25, 0.3) is 0 Å². The second kappa shape index (κ2) is 8.75. The van der Waals surface area contributed by atoms with Crippen LogP contribution in [0.5, 0.6) is 0 Å². The van der Waals surface area contributed by atoms with Crippen LogP contribution in [-0.4, -0.2) is 39.1 Å². The number of carbonyl (C=O) groups is 2. The predicted octanol–water partition coefficient (Wildman–Crippen LogP) is 3.34. The molecule has 9 heteroatoms. The highest BCUT2D eigenvalue weighted by Crippen LogP contribution is 2.09. The Morgan fingerprint density at radius 2 is 1.73 bits per heavy atom. The zero-order chi connectivity index (χ0) is 20.1. The first kappa shape index (κ1) is 22.3. The summed E-state index contributed by atoms with van der Waals surface area (Å²) < 4.78 is 14.8. The van der Waals surface area contributed by atoms with Gasteiger partial charge in [0, 0.05) is 26.3 Å². The molecule has 0 saturated carbocycles. The number of nitrogens with one attached hydrogen (secondary N) is 1. The van der Waals surface area contributed by atoms with E-state index in [1.165, 1.54) is 0 Å². The number of amides is 2.